The molecule has 2 amide bonds. The Balaban J connectivity index is 1.36. The zero-order chi connectivity index (χ0) is 19.6. The van der Waals surface area contributed by atoms with Crippen molar-refractivity contribution in [2.24, 2.45) is 0 Å². The monoisotopic (exact) mass is 380 g/mol. The second-order valence-corrected chi connectivity index (χ2v) is 7.30. The predicted molar refractivity (Wildman–Crippen MR) is 105 cm³/mol. The normalized spacial score (nSPS) is 18.2. The van der Waals surface area contributed by atoms with Crippen LogP contribution in [0.3, 0.4) is 0 Å². The highest BCUT2D eigenvalue weighted by atomic mass is 16.7. The number of ether oxygens (including phenoxy) is 2. The standard InChI is InChI=1S/C22H24N2O4/c1-16-2-8-19(9-3-16)23-20(25)17-4-6-18(7-5-17)21(26)24-12-10-22(11-13-24)27-14-15-28-22/h2-9H,10-15H2,1H3,(H,23,25). The molecule has 1 spiro atoms. The lowest BCUT2D eigenvalue weighted by molar-refractivity contribution is -0.181. The molecule has 0 aromatic heterocycles. The summed E-state index contributed by atoms with van der Waals surface area (Å²) in [5.74, 6) is -0.717. The van der Waals surface area contributed by atoms with Crippen LogP contribution in [-0.4, -0.2) is 48.8 Å². The van der Waals surface area contributed by atoms with Gasteiger partial charge >= 0.3 is 0 Å². The van der Waals surface area contributed by atoms with Crippen molar-refractivity contribution in [2.75, 3.05) is 31.6 Å². The number of anilines is 1. The molecule has 0 bridgehead atoms. The molecule has 2 aliphatic heterocycles. The first-order valence-corrected chi connectivity index (χ1v) is 9.60. The van der Waals surface area contributed by atoms with Gasteiger partial charge in [-0.15, -0.1) is 0 Å². The molecule has 2 saturated heterocycles. The Labute approximate surface area is 164 Å². The van der Waals surface area contributed by atoms with Gasteiger partial charge in [-0.05, 0) is 43.3 Å². The largest absolute Gasteiger partial charge is 0.347 e. The van der Waals surface area contributed by atoms with Crippen LogP contribution in [0.25, 0.3) is 0 Å². The summed E-state index contributed by atoms with van der Waals surface area (Å²) < 4.78 is 11.4. The molecule has 0 unspecified atom stereocenters. The van der Waals surface area contributed by atoms with Gasteiger partial charge in [-0.2, -0.15) is 0 Å². The van der Waals surface area contributed by atoms with Gasteiger partial charge in [0.25, 0.3) is 11.8 Å². The highest BCUT2D eigenvalue weighted by Gasteiger charge is 2.40. The second-order valence-electron chi connectivity index (χ2n) is 7.30. The van der Waals surface area contributed by atoms with Crippen molar-refractivity contribution in [1.29, 1.82) is 0 Å². The van der Waals surface area contributed by atoms with E-state index < -0.39 is 5.79 Å². The highest BCUT2D eigenvalue weighted by molar-refractivity contribution is 6.05. The molecule has 2 heterocycles. The van der Waals surface area contributed by atoms with E-state index in [0.29, 0.717) is 50.3 Å². The molecule has 2 fully saturated rings. The third-order valence-corrected chi connectivity index (χ3v) is 5.33. The number of hydrogen-bond acceptors (Lipinski definition) is 4. The van der Waals surface area contributed by atoms with Gasteiger partial charge in [0.05, 0.1) is 13.2 Å². The summed E-state index contributed by atoms with van der Waals surface area (Å²) in [4.78, 5) is 27.0. The smallest absolute Gasteiger partial charge is 0.255 e. The van der Waals surface area contributed by atoms with Crippen LogP contribution in [0.5, 0.6) is 0 Å². The minimum Gasteiger partial charge on any atom is -0.347 e. The summed E-state index contributed by atoms with van der Waals surface area (Å²) in [5, 5.41) is 2.86. The average molecular weight is 380 g/mol. The predicted octanol–water partition coefficient (Wildman–Crippen LogP) is 3.23. The molecule has 0 saturated carbocycles. The van der Waals surface area contributed by atoms with Crippen molar-refractivity contribution < 1.29 is 19.1 Å². The van der Waals surface area contributed by atoms with E-state index >= 15 is 0 Å². The number of benzene rings is 2. The molecule has 0 aliphatic carbocycles. The van der Waals surface area contributed by atoms with E-state index in [1.165, 1.54) is 0 Å². The van der Waals surface area contributed by atoms with E-state index in [2.05, 4.69) is 5.32 Å². The van der Waals surface area contributed by atoms with E-state index in [1.54, 1.807) is 24.3 Å². The van der Waals surface area contributed by atoms with Crippen LogP contribution in [0.1, 0.15) is 39.1 Å². The van der Waals surface area contributed by atoms with Crippen LogP contribution >= 0.6 is 0 Å². The molecule has 0 atom stereocenters. The SMILES string of the molecule is Cc1ccc(NC(=O)c2ccc(C(=O)N3CCC4(CC3)OCCO4)cc2)cc1. The maximum atomic E-state index is 12.8. The number of rotatable bonds is 3. The Hall–Kier alpha value is -2.70. The van der Waals surface area contributed by atoms with Crippen molar-refractivity contribution in [1.82, 2.24) is 4.90 Å². The Kier molecular flexibility index (Phi) is 5.15. The Bertz CT molecular complexity index is 845. The molecule has 1 N–H and O–H groups in total. The van der Waals surface area contributed by atoms with Gasteiger partial charge in [0.2, 0.25) is 0 Å². The van der Waals surface area contributed by atoms with Gasteiger partial charge in [-0.1, -0.05) is 17.7 Å². The van der Waals surface area contributed by atoms with Crippen molar-refractivity contribution in [3.63, 3.8) is 0 Å². The zero-order valence-corrected chi connectivity index (χ0v) is 15.9. The van der Waals surface area contributed by atoms with Crippen LogP contribution in [0.4, 0.5) is 5.69 Å². The first-order valence-electron chi connectivity index (χ1n) is 9.60. The molecule has 6 nitrogen and oxygen atoms in total. The van der Waals surface area contributed by atoms with Crippen molar-refractivity contribution in [3.8, 4) is 0 Å². The van der Waals surface area contributed by atoms with Crippen molar-refractivity contribution in [3.05, 3.63) is 65.2 Å². The Morgan fingerprint density at radius 2 is 1.46 bits per heavy atom. The third kappa shape index (κ3) is 3.93. The number of hydrogen-bond donors (Lipinski definition) is 1. The molecule has 28 heavy (non-hydrogen) atoms. The Morgan fingerprint density at radius 3 is 2.07 bits per heavy atom. The van der Waals surface area contributed by atoms with Gasteiger partial charge in [-0.3, -0.25) is 9.59 Å². The van der Waals surface area contributed by atoms with E-state index in [4.69, 9.17) is 9.47 Å². The molecular formula is C22H24N2O4. The first-order chi connectivity index (χ1) is 13.5. The maximum Gasteiger partial charge on any atom is 0.255 e. The number of nitrogens with zero attached hydrogens (tertiary/aromatic N) is 1. The van der Waals surface area contributed by atoms with Gasteiger partial charge in [0.1, 0.15) is 0 Å². The quantitative estimate of drug-likeness (QED) is 0.888. The first kappa shape index (κ1) is 18.7. The van der Waals surface area contributed by atoms with Crippen LogP contribution in [0.2, 0.25) is 0 Å². The highest BCUT2D eigenvalue weighted by Crippen LogP contribution is 2.31. The number of likely N-dealkylation sites (tertiary alicyclic amines) is 1. The molecule has 2 aromatic rings. The number of amides is 2. The minimum absolute atomic E-state index is 0.0293. The van der Waals surface area contributed by atoms with Gasteiger partial charge in [0, 0.05) is 42.7 Å². The molecule has 4 rings (SSSR count). The molecule has 6 heteroatoms. The molecule has 2 aliphatic rings. The summed E-state index contributed by atoms with van der Waals surface area (Å²) in [6, 6.07) is 14.4. The molecule has 0 radical (unpaired) electrons. The summed E-state index contributed by atoms with van der Waals surface area (Å²) in [6.07, 6.45) is 1.38. The van der Waals surface area contributed by atoms with Gasteiger partial charge in [0.15, 0.2) is 5.79 Å². The zero-order valence-electron chi connectivity index (χ0n) is 15.9. The lowest BCUT2D eigenvalue weighted by Gasteiger charge is -2.37. The summed E-state index contributed by atoms with van der Waals surface area (Å²) >= 11 is 0. The number of piperidine rings is 1. The van der Waals surface area contributed by atoms with Gasteiger partial charge in [-0.25, -0.2) is 0 Å². The summed E-state index contributed by atoms with van der Waals surface area (Å²) in [6.45, 7) is 4.46. The third-order valence-electron chi connectivity index (χ3n) is 5.33. The topological polar surface area (TPSA) is 67.9 Å². The van der Waals surface area contributed by atoms with E-state index in [1.807, 2.05) is 36.1 Å². The van der Waals surface area contributed by atoms with E-state index in [9.17, 15) is 9.59 Å². The van der Waals surface area contributed by atoms with Crippen LogP contribution in [0.15, 0.2) is 48.5 Å². The van der Waals surface area contributed by atoms with E-state index in [0.717, 1.165) is 11.3 Å². The van der Waals surface area contributed by atoms with Gasteiger partial charge < -0.3 is 19.7 Å². The lowest BCUT2D eigenvalue weighted by Crippen LogP contribution is -2.47. The van der Waals surface area contributed by atoms with Crippen LogP contribution < -0.4 is 5.32 Å². The average Bonchev–Trinajstić information content (AvgIpc) is 3.18. The number of carbonyl (C=O) groups excluding carboxylic acids is 2. The lowest BCUT2D eigenvalue weighted by atomic mass is 10.0. The minimum atomic E-state index is -0.491. The fraction of sp³-hybridized carbons (Fsp3) is 0.364. The van der Waals surface area contributed by atoms with Crippen molar-refractivity contribution >= 4 is 17.5 Å². The molecule has 2 aromatic carbocycles. The maximum absolute atomic E-state index is 12.8. The van der Waals surface area contributed by atoms with Crippen LogP contribution in [0, 0.1) is 6.92 Å². The fourth-order valence-electron chi connectivity index (χ4n) is 3.62. The number of carbonyl (C=O) groups is 2. The number of nitrogens with one attached hydrogen (secondary N) is 1. The van der Waals surface area contributed by atoms with Crippen molar-refractivity contribution in [2.45, 2.75) is 25.6 Å². The van der Waals surface area contributed by atoms with Crippen LogP contribution in [-0.2, 0) is 9.47 Å². The second kappa shape index (κ2) is 7.73. The Morgan fingerprint density at radius 1 is 0.893 bits per heavy atom. The summed E-state index contributed by atoms with van der Waals surface area (Å²) in [7, 11) is 0. The van der Waals surface area contributed by atoms with E-state index in [-0.39, 0.29) is 11.8 Å². The molecular weight excluding hydrogens is 356 g/mol. The fourth-order valence-corrected chi connectivity index (χ4v) is 3.62. The summed E-state index contributed by atoms with van der Waals surface area (Å²) in [5.41, 5.74) is 2.98. The molecule has 146 valence electrons. The number of aryl methyl sites for hydroxylation is 1.